The Balaban J connectivity index is 2.57. The van der Waals surface area contributed by atoms with Crippen LogP contribution in [0.5, 0.6) is 0 Å². The van der Waals surface area contributed by atoms with E-state index in [2.05, 4.69) is 0 Å². The van der Waals surface area contributed by atoms with Crippen LogP contribution in [0.4, 0.5) is 0 Å². The van der Waals surface area contributed by atoms with Gasteiger partial charge in [0.2, 0.25) is 5.91 Å². The molecule has 6 heteroatoms. The molecule has 0 spiro atoms. The van der Waals surface area contributed by atoms with Crippen molar-refractivity contribution in [2.75, 3.05) is 25.1 Å². The van der Waals surface area contributed by atoms with E-state index in [9.17, 15) is 18.3 Å². The molecule has 1 heterocycles. The van der Waals surface area contributed by atoms with Crippen LogP contribution in [0, 0.1) is 0 Å². The molecule has 1 unspecified atom stereocenters. The van der Waals surface area contributed by atoms with Crippen LogP contribution in [0.25, 0.3) is 0 Å². The summed E-state index contributed by atoms with van der Waals surface area (Å²) in [6, 6.07) is 0. The average molecular weight is 221 g/mol. The van der Waals surface area contributed by atoms with E-state index in [-0.39, 0.29) is 6.54 Å². The zero-order valence-corrected chi connectivity index (χ0v) is 9.17. The molecule has 1 aliphatic heterocycles. The first-order valence-electron chi connectivity index (χ1n) is 4.37. The Morgan fingerprint density at radius 3 is 2.50 bits per heavy atom. The first kappa shape index (κ1) is 11.5. The monoisotopic (exact) mass is 221 g/mol. The summed E-state index contributed by atoms with van der Waals surface area (Å²) in [5.41, 5.74) is -0.868. The Bertz CT molecular complexity index is 333. The number of hydrogen-bond donors (Lipinski definition) is 1. The lowest BCUT2D eigenvalue weighted by Crippen LogP contribution is -2.37. The maximum atomic E-state index is 11.4. The number of aliphatic hydroxyl groups is 1. The fourth-order valence-electron chi connectivity index (χ4n) is 1.47. The van der Waals surface area contributed by atoms with Crippen molar-refractivity contribution >= 4 is 15.7 Å². The van der Waals surface area contributed by atoms with Crippen molar-refractivity contribution in [1.82, 2.24) is 4.90 Å². The maximum absolute atomic E-state index is 11.4. The van der Waals surface area contributed by atoms with Gasteiger partial charge in [0.25, 0.3) is 0 Å². The standard InChI is InChI=1S/C8H15NO4S/c1-8(11)3-4-9(6-8)7(10)5-14(2,12)13/h11H,3-6H2,1-2H3. The van der Waals surface area contributed by atoms with Crippen molar-refractivity contribution in [2.24, 2.45) is 0 Å². The molecule has 82 valence electrons. The molecule has 0 aromatic carbocycles. The summed E-state index contributed by atoms with van der Waals surface area (Å²) in [4.78, 5) is 12.8. The average Bonchev–Trinajstić information content (AvgIpc) is 2.26. The summed E-state index contributed by atoms with van der Waals surface area (Å²) in [5.74, 6) is -0.895. The van der Waals surface area contributed by atoms with Crippen LogP contribution in [-0.2, 0) is 14.6 Å². The number of amides is 1. The number of nitrogens with zero attached hydrogens (tertiary/aromatic N) is 1. The molecule has 0 radical (unpaired) electrons. The van der Waals surface area contributed by atoms with E-state index < -0.39 is 27.1 Å². The minimum absolute atomic E-state index is 0.224. The smallest absolute Gasteiger partial charge is 0.237 e. The molecule has 1 aliphatic rings. The van der Waals surface area contributed by atoms with E-state index in [1.54, 1.807) is 6.92 Å². The Labute approximate surface area is 83.6 Å². The topological polar surface area (TPSA) is 74.7 Å². The van der Waals surface area contributed by atoms with Crippen LogP contribution in [-0.4, -0.2) is 55.0 Å². The van der Waals surface area contributed by atoms with Gasteiger partial charge in [0.05, 0.1) is 5.60 Å². The first-order chi connectivity index (χ1) is 6.20. The zero-order chi connectivity index (χ0) is 11.0. The van der Waals surface area contributed by atoms with Gasteiger partial charge in [-0.05, 0) is 13.3 Å². The third kappa shape index (κ3) is 3.26. The highest BCUT2D eigenvalue weighted by Gasteiger charge is 2.34. The molecule has 0 saturated carbocycles. The Kier molecular flexibility index (Phi) is 2.87. The molecule has 1 saturated heterocycles. The zero-order valence-electron chi connectivity index (χ0n) is 8.36. The van der Waals surface area contributed by atoms with Crippen molar-refractivity contribution in [3.8, 4) is 0 Å². The molecule has 1 rings (SSSR count). The lowest BCUT2D eigenvalue weighted by atomic mass is 10.1. The maximum Gasteiger partial charge on any atom is 0.237 e. The van der Waals surface area contributed by atoms with Crippen LogP contribution in [0.1, 0.15) is 13.3 Å². The second-order valence-electron chi connectivity index (χ2n) is 4.13. The van der Waals surface area contributed by atoms with Crippen LogP contribution < -0.4 is 0 Å². The molecule has 0 bridgehead atoms. The van der Waals surface area contributed by atoms with E-state index in [0.717, 1.165) is 6.26 Å². The van der Waals surface area contributed by atoms with Crippen molar-refractivity contribution in [3.05, 3.63) is 0 Å². The quantitative estimate of drug-likeness (QED) is 0.650. The molecule has 0 aromatic heterocycles. The minimum Gasteiger partial charge on any atom is -0.388 e. The Morgan fingerprint density at radius 2 is 2.14 bits per heavy atom. The third-order valence-corrected chi connectivity index (χ3v) is 2.96. The molecule has 0 aliphatic carbocycles. The molecule has 1 atom stereocenters. The van der Waals surface area contributed by atoms with Gasteiger partial charge in [-0.15, -0.1) is 0 Å². The second-order valence-corrected chi connectivity index (χ2v) is 6.27. The van der Waals surface area contributed by atoms with Crippen molar-refractivity contribution in [3.63, 3.8) is 0 Å². The van der Waals surface area contributed by atoms with Crippen LogP contribution >= 0.6 is 0 Å². The fraction of sp³-hybridized carbons (Fsp3) is 0.875. The largest absolute Gasteiger partial charge is 0.388 e. The molecule has 1 N–H and O–H groups in total. The van der Waals surface area contributed by atoms with Gasteiger partial charge in [-0.25, -0.2) is 8.42 Å². The fourth-order valence-corrected chi connectivity index (χ4v) is 2.10. The van der Waals surface area contributed by atoms with Crippen molar-refractivity contribution < 1.29 is 18.3 Å². The van der Waals surface area contributed by atoms with Gasteiger partial charge >= 0.3 is 0 Å². The number of carbonyl (C=O) groups is 1. The normalized spacial score (nSPS) is 28.1. The predicted octanol–water partition coefficient (Wildman–Crippen LogP) is -0.986. The summed E-state index contributed by atoms with van der Waals surface area (Å²) >= 11 is 0. The van der Waals surface area contributed by atoms with E-state index in [1.807, 2.05) is 0 Å². The first-order valence-corrected chi connectivity index (χ1v) is 6.44. The molecule has 1 amide bonds. The lowest BCUT2D eigenvalue weighted by molar-refractivity contribution is -0.128. The number of rotatable bonds is 2. The summed E-state index contributed by atoms with van der Waals surface area (Å²) in [5, 5.41) is 9.57. The van der Waals surface area contributed by atoms with Gasteiger partial charge in [0.15, 0.2) is 9.84 Å². The van der Waals surface area contributed by atoms with Gasteiger partial charge in [-0.3, -0.25) is 4.79 Å². The van der Waals surface area contributed by atoms with Gasteiger partial charge in [0.1, 0.15) is 5.75 Å². The second kappa shape index (κ2) is 3.51. The van der Waals surface area contributed by atoms with E-state index in [0.29, 0.717) is 13.0 Å². The van der Waals surface area contributed by atoms with Gasteiger partial charge in [-0.2, -0.15) is 0 Å². The Morgan fingerprint density at radius 1 is 1.57 bits per heavy atom. The number of sulfone groups is 1. The summed E-state index contributed by atoms with van der Waals surface area (Å²) in [7, 11) is -3.27. The van der Waals surface area contributed by atoms with Crippen molar-refractivity contribution in [1.29, 1.82) is 0 Å². The van der Waals surface area contributed by atoms with Crippen LogP contribution in [0.15, 0.2) is 0 Å². The molecular weight excluding hydrogens is 206 g/mol. The molecule has 14 heavy (non-hydrogen) atoms. The SMILES string of the molecule is CC1(O)CCN(C(=O)CS(C)(=O)=O)C1. The molecule has 5 nitrogen and oxygen atoms in total. The number of hydrogen-bond acceptors (Lipinski definition) is 4. The van der Waals surface area contributed by atoms with E-state index in [1.165, 1.54) is 4.90 Å². The highest BCUT2D eigenvalue weighted by Crippen LogP contribution is 2.20. The van der Waals surface area contributed by atoms with Crippen LogP contribution in [0.2, 0.25) is 0 Å². The van der Waals surface area contributed by atoms with E-state index >= 15 is 0 Å². The lowest BCUT2D eigenvalue weighted by Gasteiger charge is -2.18. The number of β-amino-alcohol motifs (C(OH)–C–C–N with tert-alkyl or cyclic N) is 1. The molecule has 1 fully saturated rings. The van der Waals surface area contributed by atoms with Gasteiger partial charge < -0.3 is 10.0 Å². The summed E-state index contributed by atoms with van der Waals surface area (Å²) in [6.45, 7) is 2.30. The van der Waals surface area contributed by atoms with E-state index in [4.69, 9.17) is 0 Å². The third-order valence-electron chi connectivity index (χ3n) is 2.19. The minimum atomic E-state index is -3.27. The molecular formula is C8H15NO4S. The molecule has 0 aromatic rings. The number of carbonyl (C=O) groups excluding carboxylic acids is 1. The summed E-state index contributed by atoms with van der Waals surface area (Å²) < 4.78 is 21.7. The highest BCUT2D eigenvalue weighted by molar-refractivity contribution is 7.91. The van der Waals surface area contributed by atoms with Gasteiger partial charge in [0, 0.05) is 19.3 Å². The number of likely N-dealkylation sites (tertiary alicyclic amines) is 1. The Hall–Kier alpha value is -0.620. The van der Waals surface area contributed by atoms with Gasteiger partial charge in [-0.1, -0.05) is 0 Å². The van der Waals surface area contributed by atoms with Crippen LogP contribution in [0.3, 0.4) is 0 Å². The van der Waals surface area contributed by atoms with Crippen molar-refractivity contribution in [2.45, 2.75) is 18.9 Å². The highest BCUT2D eigenvalue weighted by atomic mass is 32.2. The summed E-state index contributed by atoms with van der Waals surface area (Å²) in [6.07, 6.45) is 1.53. The predicted molar refractivity (Wildman–Crippen MR) is 51.5 cm³/mol.